The maximum Gasteiger partial charge on any atom is 0.329 e. The molecular weight excluding hydrogens is 250 g/mol. The average Bonchev–Trinajstić information content (AvgIpc) is 2.68. The molecule has 0 saturated carbocycles. The van der Waals surface area contributed by atoms with Gasteiger partial charge in [0.05, 0.1) is 16.8 Å². The minimum atomic E-state index is -0.534. The van der Waals surface area contributed by atoms with Gasteiger partial charge >= 0.3 is 10.8 Å². The SMILES string of the molecule is CCOC(=O)[C@H](CC)n1c(=O)sc2ccccc21. The third-order valence-electron chi connectivity index (χ3n) is 2.78. The number of ether oxygens (including phenoxy) is 1. The van der Waals surface area contributed by atoms with Crippen molar-refractivity contribution in [3.8, 4) is 0 Å². The highest BCUT2D eigenvalue weighted by Gasteiger charge is 2.23. The maximum atomic E-state index is 12.0. The van der Waals surface area contributed by atoms with Gasteiger partial charge in [0, 0.05) is 0 Å². The maximum absolute atomic E-state index is 12.0. The largest absolute Gasteiger partial charge is 0.464 e. The van der Waals surface area contributed by atoms with Gasteiger partial charge in [-0.15, -0.1) is 0 Å². The number of aromatic nitrogens is 1. The van der Waals surface area contributed by atoms with E-state index in [9.17, 15) is 9.59 Å². The summed E-state index contributed by atoms with van der Waals surface area (Å²) in [4.78, 5) is 23.8. The van der Waals surface area contributed by atoms with Crippen LogP contribution < -0.4 is 4.87 Å². The third-order valence-corrected chi connectivity index (χ3v) is 3.71. The summed E-state index contributed by atoms with van der Waals surface area (Å²) in [6.45, 7) is 3.96. The molecule has 1 aromatic carbocycles. The number of nitrogens with zero attached hydrogens (tertiary/aromatic N) is 1. The predicted molar refractivity (Wildman–Crippen MR) is 72.0 cm³/mol. The molecule has 0 N–H and O–H groups in total. The van der Waals surface area contributed by atoms with Gasteiger partial charge in [0.25, 0.3) is 0 Å². The van der Waals surface area contributed by atoms with E-state index in [4.69, 9.17) is 4.74 Å². The highest BCUT2D eigenvalue weighted by Crippen LogP contribution is 2.22. The fourth-order valence-electron chi connectivity index (χ4n) is 1.97. The molecule has 1 heterocycles. The van der Waals surface area contributed by atoms with Crippen LogP contribution in [-0.2, 0) is 9.53 Å². The summed E-state index contributed by atoms with van der Waals surface area (Å²) in [5.41, 5.74) is 0.799. The van der Waals surface area contributed by atoms with Crippen molar-refractivity contribution in [1.29, 1.82) is 0 Å². The summed E-state index contributed by atoms with van der Waals surface area (Å²) >= 11 is 1.16. The summed E-state index contributed by atoms with van der Waals surface area (Å²) in [6, 6.07) is 6.95. The normalized spacial score (nSPS) is 12.6. The van der Waals surface area contributed by atoms with E-state index in [0.29, 0.717) is 13.0 Å². The Morgan fingerprint density at radius 1 is 1.39 bits per heavy atom. The molecule has 4 nitrogen and oxygen atoms in total. The number of fused-ring (bicyclic) bond motifs is 1. The molecule has 0 saturated heterocycles. The fraction of sp³-hybridized carbons (Fsp3) is 0.385. The first-order chi connectivity index (χ1) is 8.69. The van der Waals surface area contributed by atoms with Crippen molar-refractivity contribution in [3.05, 3.63) is 33.9 Å². The number of esters is 1. The fourth-order valence-corrected chi connectivity index (χ4v) is 2.90. The third kappa shape index (κ3) is 2.18. The molecule has 0 radical (unpaired) electrons. The average molecular weight is 265 g/mol. The Hall–Kier alpha value is -1.62. The van der Waals surface area contributed by atoms with Crippen LogP contribution in [0.15, 0.2) is 29.1 Å². The molecule has 18 heavy (non-hydrogen) atoms. The van der Waals surface area contributed by atoms with Gasteiger partial charge in [0.2, 0.25) is 0 Å². The molecule has 96 valence electrons. The van der Waals surface area contributed by atoms with Crippen molar-refractivity contribution in [1.82, 2.24) is 4.57 Å². The summed E-state index contributed by atoms with van der Waals surface area (Å²) in [6.07, 6.45) is 0.541. The lowest BCUT2D eigenvalue weighted by Crippen LogP contribution is -2.27. The molecule has 0 amide bonds. The van der Waals surface area contributed by atoms with Crippen molar-refractivity contribution >= 4 is 27.5 Å². The number of hydrogen-bond acceptors (Lipinski definition) is 4. The van der Waals surface area contributed by atoms with Crippen molar-refractivity contribution in [2.75, 3.05) is 6.61 Å². The smallest absolute Gasteiger partial charge is 0.329 e. The minimum Gasteiger partial charge on any atom is -0.464 e. The Balaban J connectivity index is 2.54. The topological polar surface area (TPSA) is 48.3 Å². The number of thiazole rings is 1. The molecule has 0 fully saturated rings. The first-order valence-electron chi connectivity index (χ1n) is 5.95. The molecule has 1 aromatic heterocycles. The van der Waals surface area contributed by atoms with E-state index >= 15 is 0 Å². The molecule has 0 aliphatic rings. The lowest BCUT2D eigenvalue weighted by molar-refractivity contribution is -0.147. The lowest BCUT2D eigenvalue weighted by Gasteiger charge is -2.15. The van der Waals surface area contributed by atoms with E-state index in [1.807, 2.05) is 31.2 Å². The van der Waals surface area contributed by atoms with Crippen LogP contribution >= 0.6 is 11.3 Å². The molecule has 5 heteroatoms. The predicted octanol–water partition coefficient (Wildman–Crippen LogP) is 2.58. The summed E-state index contributed by atoms with van der Waals surface area (Å²) in [7, 11) is 0. The number of carbonyl (C=O) groups excluding carboxylic acids is 1. The zero-order valence-electron chi connectivity index (χ0n) is 10.4. The quantitative estimate of drug-likeness (QED) is 0.798. The summed E-state index contributed by atoms with van der Waals surface area (Å²) < 4.78 is 7.46. The van der Waals surface area contributed by atoms with E-state index in [-0.39, 0.29) is 10.8 Å². The van der Waals surface area contributed by atoms with Gasteiger partial charge in [0.1, 0.15) is 6.04 Å². The second-order valence-electron chi connectivity index (χ2n) is 3.88. The van der Waals surface area contributed by atoms with E-state index in [1.54, 1.807) is 6.92 Å². The van der Waals surface area contributed by atoms with Gasteiger partial charge in [-0.1, -0.05) is 30.4 Å². The Bertz CT molecular complexity index is 614. The van der Waals surface area contributed by atoms with Gasteiger partial charge in [-0.2, -0.15) is 0 Å². The van der Waals surface area contributed by atoms with Crippen LogP contribution in [0.1, 0.15) is 26.3 Å². The van der Waals surface area contributed by atoms with E-state index in [0.717, 1.165) is 21.6 Å². The summed E-state index contributed by atoms with van der Waals surface area (Å²) in [5.74, 6) is -0.342. The molecule has 0 aliphatic heterocycles. The Kier molecular flexibility index (Phi) is 3.81. The van der Waals surface area contributed by atoms with Crippen molar-refractivity contribution < 1.29 is 9.53 Å². The number of hydrogen-bond donors (Lipinski definition) is 0. The Labute approximate surface area is 109 Å². The van der Waals surface area contributed by atoms with Crippen LogP contribution in [0.4, 0.5) is 0 Å². The molecular formula is C13H15NO3S. The molecule has 0 aliphatic carbocycles. The van der Waals surface area contributed by atoms with Crippen LogP contribution in [0.3, 0.4) is 0 Å². The van der Waals surface area contributed by atoms with Crippen molar-refractivity contribution in [2.24, 2.45) is 0 Å². The number of para-hydroxylation sites is 1. The lowest BCUT2D eigenvalue weighted by atomic mass is 10.2. The molecule has 1 atom stereocenters. The van der Waals surface area contributed by atoms with Gasteiger partial charge in [0.15, 0.2) is 0 Å². The first kappa shape index (κ1) is 12.8. The van der Waals surface area contributed by atoms with Crippen LogP contribution in [0.2, 0.25) is 0 Å². The second-order valence-corrected chi connectivity index (χ2v) is 4.87. The zero-order valence-corrected chi connectivity index (χ0v) is 11.2. The molecule has 2 aromatic rings. The van der Waals surface area contributed by atoms with Gasteiger partial charge in [-0.25, -0.2) is 4.79 Å². The molecule has 0 unspecified atom stereocenters. The van der Waals surface area contributed by atoms with Crippen LogP contribution in [0.5, 0.6) is 0 Å². The standard InChI is InChI=1S/C13H15NO3S/c1-3-9(12(15)17-4-2)14-10-7-5-6-8-11(10)18-13(14)16/h5-9H,3-4H2,1-2H3/t9-/m0/s1. The molecule has 0 bridgehead atoms. The van der Waals surface area contributed by atoms with Gasteiger partial charge < -0.3 is 4.74 Å². The van der Waals surface area contributed by atoms with Gasteiger partial charge in [-0.05, 0) is 25.5 Å². The number of carbonyl (C=O) groups is 1. The molecule has 0 spiro atoms. The van der Waals surface area contributed by atoms with E-state index in [2.05, 4.69) is 0 Å². The van der Waals surface area contributed by atoms with Crippen molar-refractivity contribution in [2.45, 2.75) is 26.3 Å². The Morgan fingerprint density at radius 2 is 2.11 bits per heavy atom. The van der Waals surface area contributed by atoms with Crippen molar-refractivity contribution in [3.63, 3.8) is 0 Å². The summed E-state index contributed by atoms with van der Waals surface area (Å²) in [5, 5.41) is 0. The first-order valence-corrected chi connectivity index (χ1v) is 6.77. The van der Waals surface area contributed by atoms with E-state index in [1.165, 1.54) is 4.57 Å². The van der Waals surface area contributed by atoms with Gasteiger partial charge in [-0.3, -0.25) is 9.36 Å². The second kappa shape index (κ2) is 5.35. The van der Waals surface area contributed by atoms with Crippen LogP contribution in [0, 0.1) is 0 Å². The monoisotopic (exact) mass is 265 g/mol. The van der Waals surface area contributed by atoms with Crippen LogP contribution in [0.25, 0.3) is 10.2 Å². The minimum absolute atomic E-state index is 0.115. The number of benzene rings is 1. The highest BCUT2D eigenvalue weighted by atomic mass is 32.1. The van der Waals surface area contributed by atoms with E-state index < -0.39 is 6.04 Å². The molecule has 2 rings (SSSR count). The zero-order chi connectivity index (χ0) is 13.1. The highest BCUT2D eigenvalue weighted by molar-refractivity contribution is 7.16. The van der Waals surface area contributed by atoms with Crippen LogP contribution in [-0.4, -0.2) is 17.1 Å². The Morgan fingerprint density at radius 3 is 2.78 bits per heavy atom. The number of rotatable bonds is 4.